The Balaban J connectivity index is 0. The van der Waals surface area contributed by atoms with Gasteiger partial charge in [0.2, 0.25) is 0 Å². The molecule has 0 amide bonds. The second-order valence-electron chi connectivity index (χ2n) is 7.85. The summed E-state index contributed by atoms with van der Waals surface area (Å²) in [6, 6.07) is 0. The minimum atomic E-state index is -4.66. The maximum absolute atomic E-state index is 11.5. The van der Waals surface area contributed by atoms with Gasteiger partial charge < -0.3 is 9.66 Å². The zero-order valence-electron chi connectivity index (χ0n) is 18.3. The van der Waals surface area contributed by atoms with Crippen LogP contribution in [0.5, 0.6) is 0 Å². The Morgan fingerprint density at radius 2 is 0.889 bits per heavy atom. The van der Waals surface area contributed by atoms with Crippen LogP contribution in [0.3, 0.4) is 0 Å². The van der Waals surface area contributed by atoms with Crippen LogP contribution < -0.4 is 29.6 Å². The predicted molar refractivity (Wildman–Crippen MR) is 109 cm³/mol. The second-order valence-corrected chi connectivity index (χ2v) is 9.52. The fourth-order valence-electron chi connectivity index (χ4n) is 3.45. The zero-order chi connectivity index (χ0) is 19.7. The number of rotatable bonds is 19. The van der Waals surface area contributed by atoms with Crippen LogP contribution in [0.25, 0.3) is 0 Å². The maximum Gasteiger partial charge on any atom is 1.00 e. The molecule has 0 rings (SSSR count). The molecule has 0 bridgehead atoms. The van der Waals surface area contributed by atoms with Crippen LogP contribution in [0.1, 0.15) is 129 Å². The summed E-state index contributed by atoms with van der Waals surface area (Å²) >= 11 is 0. The van der Waals surface area contributed by atoms with Gasteiger partial charge >= 0.3 is 29.6 Å². The largest absolute Gasteiger partial charge is 1.00 e. The smallest absolute Gasteiger partial charge is 0.746 e. The molecular weight excluding hydrogens is 371 g/mol. The van der Waals surface area contributed by atoms with Gasteiger partial charge in [0.25, 0.3) is 0 Å². The van der Waals surface area contributed by atoms with Crippen LogP contribution in [0, 0.1) is 0 Å². The van der Waals surface area contributed by atoms with Crippen LogP contribution in [0.2, 0.25) is 0 Å². The molecule has 0 aromatic heterocycles. The number of hydrogen-bond donors (Lipinski definition) is 1. The summed E-state index contributed by atoms with van der Waals surface area (Å²) in [5, 5.41) is 10.3. The van der Waals surface area contributed by atoms with Gasteiger partial charge in [0.05, 0.1) is 0 Å². The molecule has 0 fully saturated rings. The molecule has 0 heterocycles. The Hall–Kier alpha value is 0.870. The van der Waals surface area contributed by atoms with Crippen molar-refractivity contribution in [3.05, 3.63) is 0 Å². The number of hydrogen-bond acceptors (Lipinski definition) is 4. The van der Waals surface area contributed by atoms with E-state index in [9.17, 15) is 18.1 Å². The monoisotopic (exact) mass is 414 g/mol. The van der Waals surface area contributed by atoms with E-state index in [0.29, 0.717) is 12.8 Å². The van der Waals surface area contributed by atoms with Gasteiger partial charge in [-0.15, -0.1) is 0 Å². The fourth-order valence-corrected chi connectivity index (χ4v) is 4.23. The van der Waals surface area contributed by atoms with Crippen molar-refractivity contribution in [2.75, 3.05) is 0 Å². The first-order chi connectivity index (χ1) is 12.4. The van der Waals surface area contributed by atoms with Crippen LogP contribution in [0.15, 0.2) is 0 Å². The quantitative estimate of drug-likeness (QED) is 0.200. The van der Waals surface area contributed by atoms with E-state index in [0.717, 1.165) is 44.9 Å². The third-order valence-corrected chi connectivity index (χ3v) is 6.65. The summed E-state index contributed by atoms with van der Waals surface area (Å²) in [4.78, 5) is -2.06. The summed E-state index contributed by atoms with van der Waals surface area (Å²) in [6.07, 6.45) is 17.8. The van der Waals surface area contributed by atoms with E-state index in [2.05, 4.69) is 13.8 Å². The van der Waals surface area contributed by atoms with Gasteiger partial charge in [0.1, 0.15) is 10.1 Å². The van der Waals surface area contributed by atoms with Gasteiger partial charge in [-0.2, -0.15) is 0 Å². The van der Waals surface area contributed by atoms with Crippen molar-refractivity contribution in [1.82, 2.24) is 0 Å². The van der Waals surface area contributed by atoms with Crippen molar-refractivity contribution in [3.8, 4) is 0 Å². The Kier molecular flexibility index (Phi) is 21.0. The van der Waals surface area contributed by atoms with Crippen molar-refractivity contribution in [1.29, 1.82) is 0 Å². The first-order valence-corrected chi connectivity index (χ1v) is 12.5. The molecule has 0 aliphatic rings. The van der Waals surface area contributed by atoms with Crippen molar-refractivity contribution >= 4 is 10.1 Å². The van der Waals surface area contributed by atoms with Crippen molar-refractivity contribution in [3.63, 3.8) is 0 Å². The van der Waals surface area contributed by atoms with Gasteiger partial charge in [-0.05, 0) is 25.7 Å². The summed E-state index contributed by atoms with van der Waals surface area (Å²) < 4.78 is 34.4. The summed E-state index contributed by atoms with van der Waals surface area (Å²) in [5.41, 5.74) is 0. The molecule has 0 aliphatic carbocycles. The van der Waals surface area contributed by atoms with Crippen molar-refractivity contribution < 1.29 is 47.6 Å². The molecule has 158 valence electrons. The molecular formula is C21H43NaO4S. The van der Waals surface area contributed by atoms with Gasteiger partial charge in [-0.3, -0.25) is 0 Å². The Bertz CT molecular complexity index is 414. The fraction of sp³-hybridized carbons (Fsp3) is 1.00. The van der Waals surface area contributed by atoms with Gasteiger partial charge in [-0.1, -0.05) is 104 Å². The molecule has 0 aromatic carbocycles. The topological polar surface area (TPSA) is 77.4 Å². The first-order valence-electron chi connectivity index (χ1n) is 11.0. The van der Waals surface area contributed by atoms with Crippen molar-refractivity contribution in [2.45, 2.75) is 134 Å². The minimum Gasteiger partial charge on any atom is -0.746 e. The molecule has 27 heavy (non-hydrogen) atoms. The van der Waals surface area contributed by atoms with E-state index in [1.54, 1.807) is 0 Å². The minimum absolute atomic E-state index is 0. The van der Waals surface area contributed by atoms with Gasteiger partial charge in [-0.25, -0.2) is 8.42 Å². The van der Waals surface area contributed by atoms with Gasteiger partial charge in [0.15, 0.2) is 4.93 Å². The van der Waals surface area contributed by atoms with Crippen LogP contribution in [-0.4, -0.2) is 23.0 Å². The molecule has 0 radical (unpaired) electrons. The predicted octanol–water partition coefficient (Wildman–Crippen LogP) is 3.29. The number of aliphatic hydroxyl groups is 1. The molecule has 0 saturated heterocycles. The normalized spacial score (nSPS) is 13.9. The average molecular weight is 415 g/mol. The van der Waals surface area contributed by atoms with E-state index in [1.165, 1.54) is 44.9 Å². The van der Waals surface area contributed by atoms with E-state index in [1.807, 2.05) is 0 Å². The second kappa shape index (κ2) is 18.9. The average Bonchev–Trinajstić information content (AvgIpc) is 2.58. The van der Waals surface area contributed by atoms with E-state index in [-0.39, 0.29) is 42.4 Å². The molecule has 0 aromatic rings. The summed E-state index contributed by atoms with van der Waals surface area (Å²) in [7, 11) is -4.66. The third-order valence-electron chi connectivity index (χ3n) is 5.31. The molecule has 1 unspecified atom stereocenters. The third kappa shape index (κ3) is 16.4. The summed E-state index contributed by atoms with van der Waals surface area (Å²) in [5.74, 6) is 0. The molecule has 1 atom stereocenters. The first kappa shape index (κ1) is 30.1. The maximum atomic E-state index is 11.5. The Morgan fingerprint density at radius 3 is 1.15 bits per heavy atom. The van der Waals surface area contributed by atoms with Crippen LogP contribution in [-0.2, 0) is 10.1 Å². The summed E-state index contributed by atoms with van der Waals surface area (Å²) in [6.45, 7) is 4.34. The molecule has 0 saturated carbocycles. The Labute approximate surface area is 191 Å². The zero-order valence-corrected chi connectivity index (χ0v) is 21.1. The number of unbranched alkanes of at least 4 members (excludes halogenated alkanes) is 14. The molecule has 1 N–H and O–H groups in total. The molecule has 0 aliphatic heterocycles. The van der Waals surface area contributed by atoms with Crippen molar-refractivity contribution in [2.24, 2.45) is 0 Å². The standard InChI is InChI=1S/C21H44O4S.Na/c1-3-5-7-9-10-11-12-13-14-16-18-20-21(22,26(23,24)25)19-17-15-8-6-4-2;/h22H,3-20H2,1-2H3,(H,23,24,25);/q;+1/p-1. The Morgan fingerprint density at radius 1 is 0.630 bits per heavy atom. The van der Waals surface area contributed by atoms with E-state index < -0.39 is 15.1 Å². The molecule has 4 nitrogen and oxygen atoms in total. The van der Waals surface area contributed by atoms with Gasteiger partial charge in [0, 0.05) is 0 Å². The van der Waals surface area contributed by atoms with E-state index in [4.69, 9.17) is 0 Å². The van der Waals surface area contributed by atoms with E-state index >= 15 is 0 Å². The van der Waals surface area contributed by atoms with Crippen LogP contribution >= 0.6 is 0 Å². The van der Waals surface area contributed by atoms with Crippen LogP contribution in [0.4, 0.5) is 0 Å². The molecule has 6 heteroatoms. The SMILES string of the molecule is CCCCCCCCCCCCCC(O)(CCCCCCC)S(=O)(=O)[O-].[Na+]. The molecule has 0 spiro atoms.